The Labute approximate surface area is 119 Å². The lowest BCUT2D eigenvalue weighted by Crippen LogP contribution is -2.27. The van der Waals surface area contributed by atoms with Gasteiger partial charge in [0.1, 0.15) is 0 Å². The summed E-state index contributed by atoms with van der Waals surface area (Å²) in [6, 6.07) is 3.82. The van der Waals surface area contributed by atoms with Crippen molar-refractivity contribution >= 4 is 17.5 Å². The van der Waals surface area contributed by atoms with E-state index in [1.807, 2.05) is 12.1 Å². The Morgan fingerprint density at radius 2 is 2.37 bits per heavy atom. The van der Waals surface area contributed by atoms with Gasteiger partial charge >= 0.3 is 0 Å². The molecule has 19 heavy (non-hydrogen) atoms. The van der Waals surface area contributed by atoms with E-state index in [4.69, 9.17) is 11.6 Å². The number of nitrogens with one attached hydrogen (secondary N) is 1. The van der Waals surface area contributed by atoms with Gasteiger partial charge in [-0.2, -0.15) is 0 Å². The van der Waals surface area contributed by atoms with E-state index in [1.54, 1.807) is 12.4 Å². The molecule has 1 aromatic rings. The zero-order valence-electron chi connectivity index (χ0n) is 10.9. The minimum atomic E-state index is 0.0722. The fraction of sp³-hybridized carbons (Fsp3) is 0.467. The van der Waals surface area contributed by atoms with Crippen molar-refractivity contribution in [3.05, 3.63) is 42.2 Å². The van der Waals surface area contributed by atoms with Crippen molar-refractivity contribution < 1.29 is 4.79 Å². The second-order valence-electron chi connectivity index (χ2n) is 5.08. The number of carbonyl (C=O) groups excluding carboxylic acids is 1. The van der Waals surface area contributed by atoms with Gasteiger partial charge < -0.3 is 5.32 Å². The molecule has 0 radical (unpaired) electrons. The lowest BCUT2D eigenvalue weighted by atomic mass is 9.83. The lowest BCUT2D eigenvalue weighted by Gasteiger charge is -2.27. The quantitative estimate of drug-likeness (QED) is 0.679. The van der Waals surface area contributed by atoms with Gasteiger partial charge in [0, 0.05) is 30.7 Å². The van der Waals surface area contributed by atoms with Gasteiger partial charge in [-0.25, -0.2) is 0 Å². The molecule has 1 aliphatic carbocycles. The number of amides is 1. The molecule has 3 nitrogen and oxygen atoms in total. The molecular formula is C15H19ClN2O. The van der Waals surface area contributed by atoms with Gasteiger partial charge in [-0.15, -0.1) is 11.6 Å². The highest BCUT2D eigenvalue weighted by Crippen LogP contribution is 2.33. The SMILES string of the molecule is C=C1CC(Cl)CCC1CC(=O)NCc1cccnc1. The summed E-state index contributed by atoms with van der Waals surface area (Å²) >= 11 is 6.09. The fourth-order valence-electron chi connectivity index (χ4n) is 2.39. The minimum absolute atomic E-state index is 0.0722. The Morgan fingerprint density at radius 1 is 1.53 bits per heavy atom. The number of nitrogens with zero attached hydrogens (tertiary/aromatic N) is 1. The molecule has 1 N–H and O–H groups in total. The van der Waals surface area contributed by atoms with Crippen LogP contribution in [0.15, 0.2) is 36.7 Å². The van der Waals surface area contributed by atoms with Crippen molar-refractivity contribution in [2.24, 2.45) is 5.92 Å². The second kappa shape index (κ2) is 6.71. The maximum atomic E-state index is 11.9. The van der Waals surface area contributed by atoms with Gasteiger partial charge in [-0.3, -0.25) is 9.78 Å². The normalized spacial score (nSPS) is 23.1. The number of allylic oxidation sites excluding steroid dienone is 1. The summed E-state index contributed by atoms with van der Waals surface area (Å²) in [5.41, 5.74) is 2.13. The molecule has 0 aliphatic heterocycles. The van der Waals surface area contributed by atoms with E-state index >= 15 is 0 Å². The van der Waals surface area contributed by atoms with Crippen molar-refractivity contribution in [1.29, 1.82) is 0 Å². The molecule has 0 spiro atoms. The van der Waals surface area contributed by atoms with Crippen LogP contribution in [-0.2, 0) is 11.3 Å². The number of alkyl halides is 1. The number of halogens is 1. The molecule has 2 rings (SSSR count). The van der Waals surface area contributed by atoms with Crippen LogP contribution in [-0.4, -0.2) is 16.3 Å². The van der Waals surface area contributed by atoms with Crippen molar-refractivity contribution in [1.82, 2.24) is 10.3 Å². The van der Waals surface area contributed by atoms with Crippen LogP contribution in [0.3, 0.4) is 0 Å². The predicted molar refractivity (Wildman–Crippen MR) is 76.8 cm³/mol. The third kappa shape index (κ3) is 4.35. The summed E-state index contributed by atoms with van der Waals surface area (Å²) in [5, 5.41) is 3.12. The average Bonchev–Trinajstić information content (AvgIpc) is 2.41. The third-order valence-electron chi connectivity index (χ3n) is 3.53. The van der Waals surface area contributed by atoms with Gasteiger partial charge in [-0.1, -0.05) is 18.2 Å². The minimum Gasteiger partial charge on any atom is -0.352 e. The number of carbonyl (C=O) groups is 1. The first kappa shape index (κ1) is 14.1. The highest BCUT2D eigenvalue weighted by atomic mass is 35.5. The Morgan fingerprint density at radius 3 is 3.05 bits per heavy atom. The molecule has 2 atom stereocenters. The predicted octanol–water partition coefficient (Wildman–Crippen LogP) is 3.05. The van der Waals surface area contributed by atoms with E-state index in [0.29, 0.717) is 13.0 Å². The molecule has 102 valence electrons. The first-order valence-electron chi connectivity index (χ1n) is 6.62. The molecule has 1 aromatic heterocycles. The number of aromatic nitrogens is 1. The highest BCUT2D eigenvalue weighted by Gasteiger charge is 2.24. The molecule has 4 heteroatoms. The Bertz CT molecular complexity index is 447. The molecule has 2 unspecified atom stereocenters. The summed E-state index contributed by atoms with van der Waals surface area (Å²) in [4.78, 5) is 15.9. The van der Waals surface area contributed by atoms with Gasteiger partial charge in [0.25, 0.3) is 0 Å². The zero-order valence-corrected chi connectivity index (χ0v) is 11.7. The Balaban J connectivity index is 1.77. The van der Waals surface area contributed by atoms with Gasteiger partial charge in [-0.05, 0) is 36.8 Å². The first-order chi connectivity index (χ1) is 9.15. The number of pyridine rings is 1. The molecular weight excluding hydrogens is 260 g/mol. The maximum Gasteiger partial charge on any atom is 0.220 e. The highest BCUT2D eigenvalue weighted by molar-refractivity contribution is 6.20. The van der Waals surface area contributed by atoms with E-state index in [2.05, 4.69) is 16.9 Å². The molecule has 1 aliphatic rings. The number of rotatable bonds is 4. The summed E-state index contributed by atoms with van der Waals surface area (Å²) in [7, 11) is 0. The maximum absolute atomic E-state index is 11.9. The van der Waals surface area contributed by atoms with Crippen LogP contribution in [0, 0.1) is 5.92 Å². The van der Waals surface area contributed by atoms with Crippen molar-refractivity contribution in [3.63, 3.8) is 0 Å². The average molecular weight is 279 g/mol. The van der Waals surface area contributed by atoms with Crippen LogP contribution in [0.5, 0.6) is 0 Å². The van der Waals surface area contributed by atoms with Crippen LogP contribution < -0.4 is 5.32 Å². The number of hydrogen-bond acceptors (Lipinski definition) is 2. The fourth-order valence-corrected chi connectivity index (χ4v) is 2.71. The molecule has 1 saturated carbocycles. The molecule has 1 heterocycles. The van der Waals surface area contributed by atoms with Gasteiger partial charge in [0.2, 0.25) is 5.91 Å². The summed E-state index contributed by atoms with van der Waals surface area (Å²) in [5.74, 6) is 0.354. The monoisotopic (exact) mass is 278 g/mol. The summed E-state index contributed by atoms with van der Waals surface area (Å²) in [6.45, 7) is 4.57. The largest absolute Gasteiger partial charge is 0.352 e. The second-order valence-corrected chi connectivity index (χ2v) is 5.69. The lowest BCUT2D eigenvalue weighted by molar-refractivity contribution is -0.122. The van der Waals surface area contributed by atoms with E-state index in [1.165, 1.54) is 0 Å². The Kier molecular flexibility index (Phi) is 4.97. The Hall–Kier alpha value is -1.35. The molecule has 0 saturated heterocycles. The van der Waals surface area contributed by atoms with Crippen molar-refractivity contribution in [2.45, 2.75) is 37.6 Å². The first-order valence-corrected chi connectivity index (χ1v) is 7.06. The standard InChI is InChI=1S/C15H19ClN2O/c1-11-7-14(16)5-4-13(11)8-15(19)18-10-12-3-2-6-17-9-12/h2-3,6,9,13-14H,1,4-5,7-8,10H2,(H,18,19). The molecule has 0 aromatic carbocycles. The van der Waals surface area contributed by atoms with E-state index in [9.17, 15) is 4.79 Å². The van der Waals surface area contributed by atoms with Crippen LogP contribution in [0.4, 0.5) is 0 Å². The zero-order chi connectivity index (χ0) is 13.7. The smallest absolute Gasteiger partial charge is 0.220 e. The summed E-state index contributed by atoms with van der Waals surface area (Å²) in [6.07, 6.45) is 6.77. The van der Waals surface area contributed by atoms with Gasteiger partial charge in [0.05, 0.1) is 0 Å². The number of hydrogen-bond donors (Lipinski definition) is 1. The van der Waals surface area contributed by atoms with E-state index < -0.39 is 0 Å². The van der Waals surface area contributed by atoms with E-state index in [0.717, 1.165) is 30.4 Å². The third-order valence-corrected chi connectivity index (χ3v) is 3.91. The van der Waals surface area contributed by atoms with E-state index in [-0.39, 0.29) is 17.2 Å². The molecule has 0 bridgehead atoms. The van der Waals surface area contributed by atoms with Crippen molar-refractivity contribution in [2.75, 3.05) is 0 Å². The van der Waals surface area contributed by atoms with Crippen molar-refractivity contribution in [3.8, 4) is 0 Å². The molecule has 1 fully saturated rings. The molecule has 1 amide bonds. The summed E-state index contributed by atoms with van der Waals surface area (Å²) < 4.78 is 0. The van der Waals surface area contributed by atoms with Crippen LogP contribution in [0.25, 0.3) is 0 Å². The topological polar surface area (TPSA) is 42.0 Å². The van der Waals surface area contributed by atoms with Crippen LogP contribution >= 0.6 is 11.6 Å². The van der Waals surface area contributed by atoms with Crippen LogP contribution in [0.2, 0.25) is 0 Å². The van der Waals surface area contributed by atoms with Crippen LogP contribution in [0.1, 0.15) is 31.2 Å². The van der Waals surface area contributed by atoms with Gasteiger partial charge in [0.15, 0.2) is 0 Å².